The highest BCUT2D eigenvalue weighted by atomic mass is 16.4. The monoisotopic (exact) mass is 264 g/mol. The number of hydrogen-bond acceptors (Lipinski definition) is 2. The molecule has 0 aliphatic carbocycles. The zero-order valence-electron chi connectivity index (χ0n) is 11.6. The first kappa shape index (κ1) is 15.2. The molecule has 0 spiro atoms. The summed E-state index contributed by atoms with van der Waals surface area (Å²) in [6, 6.07) is 4.46. The Morgan fingerprint density at radius 1 is 0.947 bits per heavy atom. The van der Waals surface area contributed by atoms with E-state index in [1.54, 1.807) is 0 Å². The van der Waals surface area contributed by atoms with Gasteiger partial charge in [0.25, 0.3) is 0 Å². The van der Waals surface area contributed by atoms with E-state index < -0.39 is 17.4 Å². The Balaban J connectivity index is 3.70. The van der Waals surface area contributed by atoms with E-state index in [4.69, 9.17) is 0 Å². The first-order chi connectivity index (χ1) is 8.93. The third-order valence-electron chi connectivity index (χ3n) is 4.09. The molecule has 0 atom stereocenters. The van der Waals surface area contributed by atoms with Gasteiger partial charge < -0.3 is 10.2 Å². The average molecular weight is 264 g/mol. The summed E-state index contributed by atoms with van der Waals surface area (Å²) in [4.78, 5) is 22.8. The maximum atomic E-state index is 11.4. The highest BCUT2D eigenvalue weighted by Crippen LogP contribution is 2.39. The number of rotatable bonds is 6. The molecule has 1 aromatic carbocycles. The van der Waals surface area contributed by atoms with E-state index in [9.17, 15) is 19.8 Å². The number of carboxylic acid groups (broad SMARTS) is 2. The van der Waals surface area contributed by atoms with Crippen molar-refractivity contribution in [3.05, 3.63) is 34.9 Å². The van der Waals surface area contributed by atoms with Crippen LogP contribution in [0.5, 0.6) is 0 Å². The first-order valence-electron chi connectivity index (χ1n) is 6.53. The Morgan fingerprint density at radius 3 is 1.58 bits per heavy atom. The van der Waals surface area contributed by atoms with E-state index in [-0.39, 0.29) is 11.1 Å². The highest BCUT2D eigenvalue weighted by Gasteiger charge is 2.34. The van der Waals surface area contributed by atoms with Crippen molar-refractivity contribution in [3.63, 3.8) is 0 Å². The second-order valence-electron chi connectivity index (χ2n) is 4.68. The van der Waals surface area contributed by atoms with Crippen LogP contribution in [0, 0.1) is 0 Å². The molecule has 0 amide bonds. The van der Waals surface area contributed by atoms with Crippen molar-refractivity contribution in [3.8, 4) is 0 Å². The van der Waals surface area contributed by atoms with E-state index in [1.165, 1.54) is 18.2 Å². The van der Waals surface area contributed by atoms with Gasteiger partial charge >= 0.3 is 11.9 Å². The van der Waals surface area contributed by atoms with Crippen LogP contribution < -0.4 is 0 Å². The Labute approximate surface area is 113 Å². The minimum absolute atomic E-state index is 0.102. The fraction of sp³-hybridized carbons (Fsp3) is 0.467. The summed E-state index contributed by atoms with van der Waals surface area (Å²) >= 11 is 0. The highest BCUT2D eigenvalue weighted by molar-refractivity contribution is 5.97. The number of aromatic carboxylic acids is 2. The van der Waals surface area contributed by atoms with Gasteiger partial charge in [0.1, 0.15) is 0 Å². The smallest absolute Gasteiger partial charge is 0.336 e. The Hall–Kier alpha value is -1.84. The lowest BCUT2D eigenvalue weighted by atomic mass is 9.70. The second kappa shape index (κ2) is 5.87. The third kappa shape index (κ3) is 2.62. The van der Waals surface area contributed by atoms with Gasteiger partial charge in [-0.2, -0.15) is 0 Å². The molecule has 0 saturated heterocycles. The van der Waals surface area contributed by atoms with E-state index >= 15 is 0 Å². The average Bonchev–Trinajstić information content (AvgIpc) is 2.41. The molecule has 104 valence electrons. The lowest BCUT2D eigenvalue weighted by Gasteiger charge is -2.33. The quantitative estimate of drug-likeness (QED) is 0.824. The predicted octanol–water partition coefficient (Wildman–Crippen LogP) is 3.55. The molecular weight excluding hydrogens is 244 g/mol. The molecule has 19 heavy (non-hydrogen) atoms. The summed E-state index contributed by atoms with van der Waals surface area (Å²) < 4.78 is 0. The molecule has 1 rings (SSSR count). The molecule has 0 unspecified atom stereocenters. The zero-order valence-corrected chi connectivity index (χ0v) is 11.6. The number of carboxylic acids is 2. The SMILES string of the molecule is CCC(CC)(CC)c1c(C(=O)O)cccc1C(=O)O. The fourth-order valence-corrected chi connectivity index (χ4v) is 2.76. The molecule has 0 heterocycles. The summed E-state index contributed by atoms with van der Waals surface area (Å²) in [6.07, 6.45) is 2.14. The van der Waals surface area contributed by atoms with Crippen LogP contribution in [0.2, 0.25) is 0 Å². The maximum Gasteiger partial charge on any atom is 0.336 e. The van der Waals surface area contributed by atoms with Gasteiger partial charge in [0.05, 0.1) is 11.1 Å². The lowest BCUT2D eigenvalue weighted by molar-refractivity contribution is 0.0690. The van der Waals surface area contributed by atoms with Crippen LogP contribution in [0.3, 0.4) is 0 Å². The van der Waals surface area contributed by atoms with Crippen molar-refractivity contribution in [1.29, 1.82) is 0 Å². The van der Waals surface area contributed by atoms with Gasteiger partial charge in [-0.3, -0.25) is 0 Å². The molecule has 4 heteroatoms. The van der Waals surface area contributed by atoms with Crippen molar-refractivity contribution >= 4 is 11.9 Å². The van der Waals surface area contributed by atoms with Crippen molar-refractivity contribution in [2.24, 2.45) is 0 Å². The van der Waals surface area contributed by atoms with Crippen LogP contribution >= 0.6 is 0 Å². The summed E-state index contributed by atoms with van der Waals surface area (Å²) in [5.74, 6) is -2.14. The molecule has 0 saturated carbocycles. The Bertz CT molecular complexity index is 446. The number of hydrogen-bond donors (Lipinski definition) is 2. The van der Waals surface area contributed by atoms with Crippen molar-refractivity contribution in [1.82, 2.24) is 0 Å². The van der Waals surface area contributed by atoms with Crippen molar-refractivity contribution in [2.45, 2.75) is 45.4 Å². The van der Waals surface area contributed by atoms with E-state index in [1.807, 2.05) is 20.8 Å². The van der Waals surface area contributed by atoms with Crippen LogP contribution in [0.25, 0.3) is 0 Å². The second-order valence-corrected chi connectivity index (χ2v) is 4.68. The molecule has 4 nitrogen and oxygen atoms in total. The molecule has 0 radical (unpaired) electrons. The van der Waals surface area contributed by atoms with Gasteiger partial charge in [-0.25, -0.2) is 9.59 Å². The summed E-state index contributed by atoms with van der Waals surface area (Å²) in [5, 5.41) is 18.7. The first-order valence-corrected chi connectivity index (χ1v) is 6.53. The third-order valence-corrected chi connectivity index (χ3v) is 4.09. The molecule has 0 aromatic heterocycles. The normalized spacial score (nSPS) is 11.3. The number of benzene rings is 1. The van der Waals surface area contributed by atoms with Gasteiger partial charge in [-0.05, 0) is 42.4 Å². The molecule has 0 bridgehead atoms. The lowest BCUT2D eigenvalue weighted by Crippen LogP contribution is -2.29. The number of carbonyl (C=O) groups is 2. The topological polar surface area (TPSA) is 74.6 Å². The minimum atomic E-state index is -1.07. The zero-order chi connectivity index (χ0) is 14.6. The molecule has 0 aliphatic heterocycles. The van der Waals surface area contributed by atoms with Gasteiger partial charge in [-0.15, -0.1) is 0 Å². The molecule has 0 fully saturated rings. The van der Waals surface area contributed by atoms with Crippen LogP contribution in [-0.2, 0) is 5.41 Å². The maximum absolute atomic E-state index is 11.4. The van der Waals surface area contributed by atoms with Crippen molar-refractivity contribution in [2.75, 3.05) is 0 Å². The Morgan fingerprint density at radius 2 is 1.32 bits per heavy atom. The summed E-state index contributed by atoms with van der Waals surface area (Å²) in [6.45, 7) is 5.91. The van der Waals surface area contributed by atoms with Gasteiger partial charge in [-0.1, -0.05) is 26.8 Å². The standard InChI is InChI=1S/C15H20O4/c1-4-15(5-2,6-3)12-10(13(16)17)8-7-9-11(12)14(18)19/h7-9H,4-6H2,1-3H3,(H,16,17)(H,18,19). The van der Waals surface area contributed by atoms with E-state index in [0.29, 0.717) is 24.8 Å². The summed E-state index contributed by atoms with van der Waals surface area (Å²) in [5.41, 5.74) is 0.265. The van der Waals surface area contributed by atoms with Crippen LogP contribution in [0.15, 0.2) is 18.2 Å². The molecule has 0 aliphatic rings. The van der Waals surface area contributed by atoms with Crippen LogP contribution in [-0.4, -0.2) is 22.2 Å². The predicted molar refractivity (Wildman–Crippen MR) is 72.9 cm³/mol. The molecule has 2 N–H and O–H groups in total. The summed E-state index contributed by atoms with van der Waals surface area (Å²) in [7, 11) is 0. The minimum Gasteiger partial charge on any atom is -0.478 e. The van der Waals surface area contributed by atoms with Crippen molar-refractivity contribution < 1.29 is 19.8 Å². The van der Waals surface area contributed by atoms with Gasteiger partial charge in [0, 0.05) is 0 Å². The fourth-order valence-electron chi connectivity index (χ4n) is 2.76. The van der Waals surface area contributed by atoms with Crippen LogP contribution in [0.4, 0.5) is 0 Å². The van der Waals surface area contributed by atoms with E-state index in [0.717, 1.165) is 0 Å². The van der Waals surface area contributed by atoms with Crippen LogP contribution in [0.1, 0.15) is 66.3 Å². The molecular formula is C15H20O4. The van der Waals surface area contributed by atoms with E-state index in [2.05, 4.69) is 0 Å². The van der Waals surface area contributed by atoms with Gasteiger partial charge in [0.2, 0.25) is 0 Å². The molecule has 1 aromatic rings. The largest absolute Gasteiger partial charge is 0.478 e. The van der Waals surface area contributed by atoms with Gasteiger partial charge in [0.15, 0.2) is 0 Å². The Kier molecular flexibility index (Phi) is 4.70.